The standard InChI is InChI=1S/C20H22N2O5/c1-25-10-2-9-21-19(23)15-5-3-14(4-6-15)12-22-20(24)16-7-8-17-18(11-16)27-13-26-17/h3-8,11H,2,9-10,12-13H2,1H3,(H,21,23)(H,22,24). The molecule has 0 saturated carbocycles. The van der Waals surface area contributed by atoms with Crippen LogP contribution in [0.25, 0.3) is 0 Å². The van der Waals surface area contributed by atoms with E-state index in [4.69, 9.17) is 14.2 Å². The zero-order valence-electron chi connectivity index (χ0n) is 15.1. The van der Waals surface area contributed by atoms with Crippen LogP contribution in [-0.4, -0.2) is 38.9 Å². The predicted molar refractivity (Wildman–Crippen MR) is 99.0 cm³/mol. The van der Waals surface area contributed by atoms with Crippen LogP contribution in [-0.2, 0) is 11.3 Å². The highest BCUT2D eigenvalue weighted by molar-refractivity contribution is 5.95. The van der Waals surface area contributed by atoms with E-state index in [-0.39, 0.29) is 18.6 Å². The lowest BCUT2D eigenvalue weighted by molar-refractivity contribution is 0.0940. The Kier molecular flexibility index (Phi) is 6.27. The van der Waals surface area contributed by atoms with Gasteiger partial charge in [-0.2, -0.15) is 0 Å². The number of fused-ring (bicyclic) bond motifs is 1. The molecule has 0 atom stereocenters. The molecule has 2 aromatic rings. The summed E-state index contributed by atoms with van der Waals surface area (Å²) in [5, 5.41) is 5.69. The monoisotopic (exact) mass is 370 g/mol. The third-order valence-corrected chi connectivity index (χ3v) is 4.11. The molecule has 0 fully saturated rings. The Balaban J connectivity index is 1.49. The van der Waals surface area contributed by atoms with E-state index >= 15 is 0 Å². The topological polar surface area (TPSA) is 85.9 Å². The molecule has 3 rings (SSSR count). The van der Waals surface area contributed by atoms with Crippen molar-refractivity contribution in [3.8, 4) is 11.5 Å². The van der Waals surface area contributed by atoms with Crippen molar-refractivity contribution in [2.75, 3.05) is 27.1 Å². The molecule has 27 heavy (non-hydrogen) atoms. The SMILES string of the molecule is COCCCNC(=O)c1ccc(CNC(=O)c2ccc3c(c2)OCO3)cc1. The lowest BCUT2D eigenvalue weighted by atomic mass is 10.1. The number of methoxy groups -OCH3 is 1. The average Bonchev–Trinajstić information content (AvgIpc) is 3.17. The van der Waals surface area contributed by atoms with Crippen molar-refractivity contribution in [2.24, 2.45) is 0 Å². The predicted octanol–water partition coefficient (Wildman–Crippen LogP) is 2.11. The van der Waals surface area contributed by atoms with Crippen LogP contribution in [0.2, 0.25) is 0 Å². The number of hydrogen-bond acceptors (Lipinski definition) is 5. The quantitative estimate of drug-likeness (QED) is 0.695. The molecule has 7 nitrogen and oxygen atoms in total. The van der Waals surface area contributed by atoms with Gasteiger partial charge in [0.05, 0.1) is 0 Å². The lowest BCUT2D eigenvalue weighted by Crippen LogP contribution is -2.25. The minimum Gasteiger partial charge on any atom is -0.454 e. The van der Waals surface area contributed by atoms with Crippen molar-refractivity contribution in [3.05, 3.63) is 59.2 Å². The minimum absolute atomic E-state index is 0.123. The second-order valence-electron chi connectivity index (χ2n) is 6.05. The number of carbonyl (C=O) groups excluding carboxylic acids is 2. The molecule has 1 aliphatic rings. The number of hydrogen-bond donors (Lipinski definition) is 2. The van der Waals surface area contributed by atoms with E-state index in [1.54, 1.807) is 37.4 Å². The first-order valence-corrected chi connectivity index (χ1v) is 8.71. The molecule has 0 spiro atoms. The second-order valence-corrected chi connectivity index (χ2v) is 6.05. The van der Waals surface area contributed by atoms with Crippen molar-refractivity contribution < 1.29 is 23.8 Å². The fourth-order valence-electron chi connectivity index (χ4n) is 2.62. The van der Waals surface area contributed by atoms with Gasteiger partial charge in [-0.25, -0.2) is 0 Å². The lowest BCUT2D eigenvalue weighted by Gasteiger charge is -2.08. The highest BCUT2D eigenvalue weighted by Crippen LogP contribution is 2.32. The maximum Gasteiger partial charge on any atom is 0.251 e. The molecular weight excluding hydrogens is 348 g/mol. The van der Waals surface area contributed by atoms with Crippen LogP contribution in [0.1, 0.15) is 32.7 Å². The molecule has 0 aliphatic carbocycles. The molecule has 0 bridgehead atoms. The molecule has 7 heteroatoms. The Morgan fingerprint density at radius 1 is 0.963 bits per heavy atom. The van der Waals surface area contributed by atoms with Gasteiger partial charge in [0.25, 0.3) is 11.8 Å². The van der Waals surface area contributed by atoms with E-state index in [9.17, 15) is 9.59 Å². The molecular formula is C20H22N2O5. The molecule has 0 aromatic heterocycles. The fraction of sp³-hybridized carbons (Fsp3) is 0.300. The first-order valence-electron chi connectivity index (χ1n) is 8.71. The van der Waals surface area contributed by atoms with Crippen LogP contribution in [0.3, 0.4) is 0 Å². The van der Waals surface area contributed by atoms with E-state index in [0.717, 1.165) is 12.0 Å². The van der Waals surface area contributed by atoms with Crippen LogP contribution < -0.4 is 20.1 Å². The van der Waals surface area contributed by atoms with Gasteiger partial charge in [0.2, 0.25) is 6.79 Å². The molecule has 0 radical (unpaired) electrons. The smallest absolute Gasteiger partial charge is 0.251 e. The van der Waals surface area contributed by atoms with Gasteiger partial charge in [0, 0.05) is 37.9 Å². The minimum atomic E-state index is -0.201. The van der Waals surface area contributed by atoms with Gasteiger partial charge < -0.3 is 24.8 Å². The summed E-state index contributed by atoms with van der Waals surface area (Å²) in [6, 6.07) is 12.2. The molecule has 1 heterocycles. The first-order chi connectivity index (χ1) is 13.2. The summed E-state index contributed by atoms with van der Waals surface area (Å²) >= 11 is 0. The maximum atomic E-state index is 12.3. The van der Waals surface area contributed by atoms with E-state index in [2.05, 4.69) is 10.6 Å². The van der Waals surface area contributed by atoms with Crippen molar-refractivity contribution in [3.63, 3.8) is 0 Å². The fourth-order valence-corrected chi connectivity index (χ4v) is 2.62. The number of carbonyl (C=O) groups is 2. The highest BCUT2D eigenvalue weighted by atomic mass is 16.7. The van der Waals surface area contributed by atoms with Crippen molar-refractivity contribution in [2.45, 2.75) is 13.0 Å². The van der Waals surface area contributed by atoms with Crippen molar-refractivity contribution >= 4 is 11.8 Å². The van der Waals surface area contributed by atoms with Crippen LogP contribution in [0, 0.1) is 0 Å². The Bertz CT molecular complexity index is 805. The number of rotatable bonds is 8. The molecule has 0 saturated heterocycles. The molecule has 2 N–H and O–H groups in total. The zero-order valence-corrected chi connectivity index (χ0v) is 15.1. The third kappa shape index (κ3) is 4.98. The Morgan fingerprint density at radius 3 is 2.44 bits per heavy atom. The number of ether oxygens (including phenoxy) is 3. The molecule has 2 amide bonds. The Labute approximate surface area is 157 Å². The van der Waals surface area contributed by atoms with Crippen molar-refractivity contribution in [1.29, 1.82) is 0 Å². The summed E-state index contributed by atoms with van der Waals surface area (Å²) in [6.07, 6.45) is 0.770. The Morgan fingerprint density at radius 2 is 1.67 bits per heavy atom. The number of amides is 2. The van der Waals surface area contributed by atoms with Crippen LogP contribution in [0.5, 0.6) is 11.5 Å². The van der Waals surface area contributed by atoms with E-state index < -0.39 is 0 Å². The van der Waals surface area contributed by atoms with Gasteiger partial charge in [-0.3, -0.25) is 9.59 Å². The van der Waals surface area contributed by atoms with Crippen LogP contribution in [0.4, 0.5) is 0 Å². The highest BCUT2D eigenvalue weighted by Gasteiger charge is 2.16. The Hall–Kier alpha value is -3.06. The van der Waals surface area contributed by atoms with E-state index in [1.165, 1.54) is 0 Å². The third-order valence-electron chi connectivity index (χ3n) is 4.11. The van der Waals surface area contributed by atoms with Gasteiger partial charge >= 0.3 is 0 Å². The van der Waals surface area contributed by atoms with Crippen LogP contribution >= 0.6 is 0 Å². The summed E-state index contributed by atoms with van der Waals surface area (Å²) in [5.41, 5.74) is 1.99. The summed E-state index contributed by atoms with van der Waals surface area (Å²) < 4.78 is 15.5. The summed E-state index contributed by atoms with van der Waals surface area (Å²) in [4.78, 5) is 24.3. The first kappa shape index (κ1) is 18.7. The zero-order chi connectivity index (χ0) is 19.1. The van der Waals surface area contributed by atoms with Gasteiger partial charge in [0.15, 0.2) is 11.5 Å². The number of nitrogens with one attached hydrogen (secondary N) is 2. The normalized spacial score (nSPS) is 11.9. The molecule has 1 aliphatic heterocycles. The molecule has 0 unspecified atom stereocenters. The van der Waals surface area contributed by atoms with E-state index in [0.29, 0.717) is 42.3 Å². The number of benzene rings is 2. The maximum absolute atomic E-state index is 12.3. The molecule has 142 valence electrons. The van der Waals surface area contributed by atoms with Crippen molar-refractivity contribution in [1.82, 2.24) is 10.6 Å². The largest absolute Gasteiger partial charge is 0.454 e. The average molecular weight is 370 g/mol. The van der Waals surface area contributed by atoms with Gasteiger partial charge in [0.1, 0.15) is 0 Å². The van der Waals surface area contributed by atoms with Gasteiger partial charge in [-0.05, 0) is 42.3 Å². The second kappa shape index (κ2) is 9.05. The summed E-state index contributed by atoms with van der Waals surface area (Å²) in [6.45, 7) is 1.72. The van der Waals surface area contributed by atoms with Gasteiger partial charge in [-0.1, -0.05) is 12.1 Å². The van der Waals surface area contributed by atoms with Crippen LogP contribution in [0.15, 0.2) is 42.5 Å². The van der Waals surface area contributed by atoms with Gasteiger partial charge in [-0.15, -0.1) is 0 Å². The molecule has 2 aromatic carbocycles. The van der Waals surface area contributed by atoms with E-state index in [1.807, 2.05) is 12.1 Å². The summed E-state index contributed by atoms with van der Waals surface area (Å²) in [5.74, 6) is 0.890. The summed E-state index contributed by atoms with van der Waals surface area (Å²) in [7, 11) is 1.63.